The van der Waals surface area contributed by atoms with Crippen LogP contribution >= 0.6 is 23.7 Å². The first-order valence-electron chi connectivity index (χ1n) is 5.71. The van der Waals surface area contributed by atoms with Crippen LogP contribution in [0.25, 0.3) is 0 Å². The Balaban J connectivity index is 0.00000220. The van der Waals surface area contributed by atoms with Crippen LogP contribution in [-0.2, 0) is 11.3 Å². The van der Waals surface area contributed by atoms with E-state index >= 15 is 0 Å². The molecule has 1 heterocycles. The minimum absolute atomic E-state index is 0. The van der Waals surface area contributed by atoms with Crippen molar-refractivity contribution < 1.29 is 9.72 Å². The molecule has 1 aromatic heterocycles. The lowest BCUT2D eigenvalue weighted by Crippen LogP contribution is -2.23. The van der Waals surface area contributed by atoms with E-state index in [0.717, 1.165) is 0 Å². The van der Waals surface area contributed by atoms with Gasteiger partial charge in [-0.1, -0.05) is 6.07 Å². The number of amides is 1. The number of carbonyl (C=O) groups is 1. The normalized spacial score (nSPS) is 9.76. The number of nitro groups is 1. The van der Waals surface area contributed by atoms with Crippen LogP contribution < -0.4 is 10.1 Å². The van der Waals surface area contributed by atoms with Gasteiger partial charge in [-0.15, -0.1) is 23.7 Å². The molecule has 0 aliphatic carbocycles. The average molecular weight is 329 g/mol. The molecule has 0 aliphatic heterocycles. The highest BCUT2D eigenvalue weighted by Crippen LogP contribution is 2.22. The summed E-state index contributed by atoms with van der Waals surface area (Å²) in [6, 6.07) is 4.52. The fourth-order valence-corrected chi connectivity index (χ4v) is 2.26. The number of anilines is 1. The van der Waals surface area contributed by atoms with Crippen LogP contribution in [0, 0.1) is 22.4 Å². The van der Waals surface area contributed by atoms with Crippen LogP contribution in [0.1, 0.15) is 5.56 Å². The zero-order chi connectivity index (χ0) is 14.7. The summed E-state index contributed by atoms with van der Waals surface area (Å²) in [7, 11) is 0. The van der Waals surface area contributed by atoms with Gasteiger partial charge in [-0.2, -0.15) is 0 Å². The second-order valence-corrected chi connectivity index (χ2v) is 5.04. The number of nitrogens with zero attached hydrogens (tertiary/aromatic N) is 2. The van der Waals surface area contributed by atoms with Crippen LogP contribution in [0.5, 0.6) is 0 Å². The maximum Gasteiger partial charge on any atom is 0.274 e. The zero-order valence-corrected chi connectivity index (χ0v) is 12.7. The molecule has 2 aromatic rings. The number of thiazole rings is 1. The molecule has 0 bridgehead atoms. The van der Waals surface area contributed by atoms with Gasteiger partial charge in [0.2, 0.25) is 5.91 Å². The summed E-state index contributed by atoms with van der Waals surface area (Å²) in [5.41, 5.74) is 0.871. The second-order valence-electron chi connectivity index (χ2n) is 4.14. The number of rotatable bonds is 4. The van der Waals surface area contributed by atoms with Crippen LogP contribution in [-0.4, -0.2) is 15.4 Å². The Labute approximate surface area is 130 Å². The summed E-state index contributed by atoms with van der Waals surface area (Å²) in [4.78, 5) is 22.4. The van der Waals surface area contributed by atoms with Crippen molar-refractivity contribution in [3.63, 3.8) is 0 Å². The molecular formula is C12H13ClN4O3S. The number of nitro benzene ring substituents is 1. The average Bonchev–Trinajstić information content (AvgIpc) is 2.77. The van der Waals surface area contributed by atoms with Crippen molar-refractivity contribution in [2.75, 3.05) is 5.32 Å². The van der Waals surface area contributed by atoms with Gasteiger partial charge in [0.15, 0.2) is 4.80 Å². The molecule has 21 heavy (non-hydrogen) atoms. The summed E-state index contributed by atoms with van der Waals surface area (Å²) < 4.78 is 1.49. The lowest BCUT2D eigenvalue weighted by Gasteiger charge is -2.06. The van der Waals surface area contributed by atoms with E-state index in [-0.39, 0.29) is 35.3 Å². The highest BCUT2D eigenvalue weighted by Gasteiger charge is 2.12. The first kappa shape index (κ1) is 16.9. The highest BCUT2D eigenvalue weighted by atomic mass is 35.5. The third-order valence-corrected chi connectivity index (χ3v) is 3.40. The van der Waals surface area contributed by atoms with Crippen molar-refractivity contribution in [3.8, 4) is 0 Å². The van der Waals surface area contributed by atoms with E-state index in [1.165, 1.54) is 22.0 Å². The number of hydrogen-bond donors (Lipinski definition) is 2. The number of carbonyl (C=O) groups excluding carboxylic acids is 1. The molecule has 1 aromatic carbocycles. The van der Waals surface area contributed by atoms with Crippen molar-refractivity contribution in [3.05, 3.63) is 50.3 Å². The Kier molecular flexibility index (Phi) is 5.62. The Morgan fingerprint density at radius 3 is 2.81 bits per heavy atom. The van der Waals surface area contributed by atoms with Crippen molar-refractivity contribution in [2.45, 2.75) is 13.5 Å². The number of aryl methyl sites for hydroxylation is 1. The highest BCUT2D eigenvalue weighted by molar-refractivity contribution is 7.06. The molecule has 9 heteroatoms. The quantitative estimate of drug-likeness (QED) is 0.665. The summed E-state index contributed by atoms with van der Waals surface area (Å²) in [5, 5.41) is 22.7. The topological polar surface area (TPSA) is 101 Å². The molecular weight excluding hydrogens is 316 g/mol. The van der Waals surface area contributed by atoms with Gasteiger partial charge in [0.1, 0.15) is 6.54 Å². The second kappa shape index (κ2) is 7.00. The predicted octanol–water partition coefficient (Wildman–Crippen LogP) is 2.31. The predicted molar refractivity (Wildman–Crippen MR) is 81.9 cm³/mol. The van der Waals surface area contributed by atoms with Crippen LogP contribution in [0.3, 0.4) is 0 Å². The van der Waals surface area contributed by atoms with E-state index in [0.29, 0.717) is 11.3 Å². The fourth-order valence-electron chi connectivity index (χ4n) is 1.67. The van der Waals surface area contributed by atoms with Gasteiger partial charge >= 0.3 is 0 Å². The molecule has 0 atom stereocenters. The van der Waals surface area contributed by atoms with Crippen molar-refractivity contribution in [2.24, 2.45) is 0 Å². The summed E-state index contributed by atoms with van der Waals surface area (Å²) in [5.74, 6) is -0.333. The molecule has 7 nitrogen and oxygen atoms in total. The molecule has 2 rings (SSSR count). The third-order valence-electron chi connectivity index (χ3n) is 2.68. The summed E-state index contributed by atoms with van der Waals surface area (Å²) in [6.07, 6.45) is 1.64. The van der Waals surface area contributed by atoms with Gasteiger partial charge in [0.05, 0.1) is 4.92 Å². The van der Waals surface area contributed by atoms with Gasteiger partial charge in [0.25, 0.3) is 5.69 Å². The van der Waals surface area contributed by atoms with E-state index < -0.39 is 4.92 Å². The number of aromatic nitrogens is 1. The number of halogens is 1. The molecule has 0 saturated carbocycles. The van der Waals surface area contributed by atoms with Gasteiger partial charge in [0, 0.05) is 28.9 Å². The smallest absolute Gasteiger partial charge is 0.274 e. The lowest BCUT2D eigenvalue weighted by atomic mass is 10.2. The van der Waals surface area contributed by atoms with Gasteiger partial charge in [-0.05, 0) is 13.0 Å². The molecule has 112 valence electrons. The Morgan fingerprint density at radius 2 is 2.24 bits per heavy atom. The van der Waals surface area contributed by atoms with Gasteiger partial charge in [-0.25, -0.2) is 0 Å². The van der Waals surface area contributed by atoms with Crippen molar-refractivity contribution in [1.29, 1.82) is 5.41 Å². The maximum absolute atomic E-state index is 11.8. The number of benzene rings is 1. The van der Waals surface area contributed by atoms with E-state index in [4.69, 9.17) is 5.41 Å². The third kappa shape index (κ3) is 4.14. The molecule has 1 amide bonds. The summed E-state index contributed by atoms with van der Waals surface area (Å²) >= 11 is 1.22. The molecule has 0 fully saturated rings. The number of nitrogens with one attached hydrogen (secondary N) is 2. The van der Waals surface area contributed by atoms with Crippen molar-refractivity contribution >= 4 is 41.0 Å². The molecule has 0 spiro atoms. The first-order valence-corrected chi connectivity index (χ1v) is 6.59. The summed E-state index contributed by atoms with van der Waals surface area (Å²) in [6.45, 7) is 1.64. The van der Waals surface area contributed by atoms with Crippen LogP contribution in [0.15, 0.2) is 29.8 Å². The molecule has 0 saturated heterocycles. The van der Waals surface area contributed by atoms with Crippen molar-refractivity contribution in [1.82, 2.24) is 4.57 Å². The minimum Gasteiger partial charge on any atom is -0.324 e. The molecule has 0 radical (unpaired) electrons. The Morgan fingerprint density at radius 1 is 1.52 bits per heavy atom. The monoisotopic (exact) mass is 328 g/mol. The first-order chi connectivity index (χ1) is 9.47. The van der Waals surface area contributed by atoms with Crippen LogP contribution in [0.4, 0.5) is 11.4 Å². The van der Waals surface area contributed by atoms with Gasteiger partial charge in [-0.3, -0.25) is 20.3 Å². The van der Waals surface area contributed by atoms with E-state index in [2.05, 4.69) is 5.32 Å². The lowest BCUT2D eigenvalue weighted by molar-refractivity contribution is -0.385. The van der Waals surface area contributed by atoms with E-state index in [1.54, 1.807) is 30.6 Å². The molecule has 0 aliphatic rings. The SMILES string of the molecule is Cc1ccc(NC(=O)Cn2ccsc2=N)cc1[N+](=O)[O-].Cl. The van der Waals surface area contributed by atoms with E-state index in [1.807, 2.05) is 0 Å². The standard InChI is InChI=1S/C12H12N4O3S.ClH/c1-8-2-3-9(6-10(8)16(18)19)14-11(17)7-15-4-5-20-12(15)13;/h2-6,13H,7H2,1H3,(H,14,17);1H. The largest absolute Gasteiger partial charge is 0.324 e. The Hall–Kier alpha value is -2.19. The zero-order valence-electron chi connectivity index (χ0n) is 11.0. The van der Waals surface area contributed by atoms with Crippen LogP contribution in [0.2, 0.25) is 0 Å². The molecule has 0 unspecified atom stereocenters. The Bertz CT molecular complexity index is 725. The molecule has 2 N–H and O–H groups in total. The van der Waals surface area contributed by atoms with Gasteiger partial charge < -0.3 is 9.88 Å². The minimum atomic E-state index is -0.486. The van der Waals surface area contributed by atoms with E-state index in [9.17, 15) is 14.9 Å². The fraction of sp³-hybridized carbons (Fsp3) is 0.167. The number of hydrogen-bond acceptors (Lipinski definition) is 5. The maximum atomic E-state index is 11.8.